The molecule has 2 aromatic rings. The fourth-order valence-electron chi connectivity index (χ4n) is 1.64. The molecular formula is C14H12BrFN2O2. The summed E-state index contributed by atoms with van der Waals surface area (Å²) in [6.45, 7) is 0. The number of anilines is 2. The van der Waals surface area contributed by atoms with Gasteiger partial charge >= 0.3 is 0 Å². The SMILES string of the molecule is COc1ccc(N)c(NC(=O)c2cccc(F)c2Br)c1. The largest absolute Gasteiger partial charge is 0.497 e. The van der Waals surface area contributed by atoms with Crippen LogP contribution in [0.4, 0.5) is 15.8 Å². The number of ether oxygens (including phenoxy) is 1. The number of carbonyl (C=O) groups is 1. The zero-order valence-electron chi connectivity index (χ0n) is 10.6. The summed E-state index contributed by atoms with van der Waals surface area (Å²) in [5, 5.41) is 2.63. The van der Waals surface area contributed by atoms with Crippen LogP contribution in [0.3, 0.4) is 0 Å². The minimum atomic E-state index is -0.503. The van der Waals surface area contributed by atoms with Gasteiger partial charge in [0.2, 0.25) is 0 Å². The summed E-state index contributed by atoms with van der Waals surface area (Å²) in [5.74, 6) is -0.402. The minimum absolute atomic E-state index is 0.110. The molecule has 4 nitrogen and oxygen atoms in total. The average Bonchev–Trinajstić information content (AvgIpc) is 2.44. The highest BCUT2D eigenvalue weighted by molar-refractivity contribution is 9.10. The number of halogens is 2. The molecule has 3 N–H and O–H groups in total. The van der Waals surface area contributed by atoms with Crippen molar-refractivity contribution in [3.8, 4) is 5.75 Å². The summed E-state index contributed by atoms with van der Waals surface area (Å²) >= 11 is 3.05. The monoisotopic (exact) mass is 338 g/mol. The van der Waals surface area contributed by atoms with E-state index in [1.54, 1.807) is 18.2 Å². The summed E-state index contributed by atoms with van der Waals surface area (Å²) < 4.78 is 18.6. The van der Waals surface area contributed by atoms with Crippen molar-refractivity contribution in [3.05, 3.63) is 52.3 Å². The van der Waals surface area contributed by atoms with E-state index in [1.807, 2.05) is 0 Å². The quantitative estimate of drug-likeness (QED) is 0.842. The molecule has 1 amide bonds. The smallest absolute Gasteiger partial charge is 0.256 e. The number of hydrogen-bond donors (Lipinski definition) is 2. The third-order valence-electron chi connectivity index (χ3n) is 2.70. The van der Waals surface area contributed by atoms with E-state index in [0.717, 1.165) is 0 Å². The van der Waals surface area contributed by atoms with E-state index in [2.05, 4.69) is 21.2 Å². The van der Waals surface area contributed by atoms with Crippen molar-refractivity contribution in [2.45, 2.75) is 0 Å². The molecule has 0 heterocycles. The van der Waals surface area contributed by atoms with Crippen LogP contribution in [0, 0.1) is 5.82 Å². The van der Waals surface area contributed by atoms with Gasteiger partial charge in [0, 0.05) is 6.07 Å². The maximum atomic E-state index is 13.4. The molecular weight excluding hydrogens is 327 g/mol. The third-order valence-corrected chi connectivity index (χ3v) is 3.51. The molecule has 2 aromatic carbocycles. The van der Waals surface area contributed by atoms with Gasteiger partial charge < -0.3 is 15.8 Å². The van der Waals surface area contributed by atoms with Gasteiger partial charge in [0.25, 0.3) is 5.91 Å². The van der Waals surface area contributed by atoms with Crippen LogP contribution >= 0.6 is 15.9 Å². The van der Waals surface area contributed by atoms with E-state index < -0.39 is 11.7 Å². The molecule has 0 unspecified atom stereocenters. The highest BCUT2D eigenvalue weighted by Gasteiger charge is 2.14. The van der Waals surface area contributed by atoms with E-state index in [9.17, 15) is 9.18 Å². The molecule has 0 radical (unpaired) electrons. The van der Waals surface area contributed by atoms with Crippen molar-refractivity contribution in [3.63, 3.8) is 0 Å². The summed E-state index contributed by atoms with van der Waals surface area (Å²) in [6, 6.07) is 9.14. The molecule has 2 rings (SSSR count). The first-order chi connectivity index (χ1) is 9.52. The summed E-state index contributed by atoms with van der Waals surface area (Å²) in [7, 11) is 1.51. The van der Waals surface area contributed by atoms with Crippen molar-refractivity contribution in [1.82, 2.24) is 0 Å². The molecule has 0 spiro atoms. The van der Waals surface area contributed by atoms with Crippen molar-refractivity contribution in [2.75, 3.05) is 18.2 Å². The predicted molar refractivity (Wildman–Crippen MR) is 79.5 cm³/mol. The van der Waals surface area contributed by atoms with Gasteiger partial charge in [-0.05, 0) is 40.2 Å². The Balaban J connectivity index is 2.30. The lowest BCUT2D eigenvalue weighted by atomic mass is 10.2. The van der Waals surface area contributed by atoms with E-state index >= 15 is 0 Å². The number of nitrogens with two attached hydrogens (primary N) is 1. The zero-order valence-corrected chi connectivity index (χ0v) is 12.2. The topological polar surface area (TPSA) is 64.3 Å². The molecule has 0 saturated carbocycles. The van der Waals surface area contributed by atoms with E-state index in [-0.39, 0.29) is 10.0 Å². The van der Waals surface area contributed by atoms with Gasteiger partial charge in [-0.2, -0.15) is 0 Å². The second kappa shape index (κ2) is 5.92. The number of methoxy groups -OCH3 is 1. The summed E-state index contributed by atoms with van der Waals surface area (Å²) in [5.41, 5.74) is 6.77. The van der Waals surface area contributed by atoms with Crippen LogP contribution < -0.4 is 15.8 Å². The Labute approximate surface area is 123 Å². The molecule has 0 aliphatic heterocycles. The Hall–Kier alpha value is -2.08. The van der Waals surface area contributed by atoms with Gasteiger partial charge in [-0.15, -0.1) is 0 Å². The van der Waals surface area contributed by atoms with E-state index in [4.69, 9.17) is 10.5 Å². The Morgan fingerprint density at radius 3 is 2.80 bits per heavy atom. The van der Waals surface area contributed by atoms with Gasteiger partial charge in [-0.3, -0.25) is 4.79 Å². The number of nitrogen functional groups attached to an aromatic ring is 1. The molecule has 6 heteroatoms. The van der Waals surface area contributed by atoms with Gasteiger partial charge in [-0.25, -0.2) is 4.39 Å². The van der Waals surface area contributed by atoms with Gasteiger partial charge in [0.05, 0.1) is 28.5 Å². The molecule has 20 heavy (non-hydrogen) atoms. The number of carbonyl (C=O) groups excluding carboxylic acids is 1. The van der Waals surface area contributed by atoms with Gasteiger partial charge in [0.15, 0.2) is 0 Å². The first-order valence-corrected chi connectivity index (χ1v) is 6.51. The third kappa shape index (κ3) is 2.91. The average molecular weight is 339 g/mol. The van der Waals surface area contributed by atoms with Crippen molar-refractivity contribution < 1.29 is 13.9 Å². The van der Waals surface area contributed by atoms with Crippen LogP contribution in [0.2, 0.25) is 0 Å². The van der Waals surface area contributed by atoms with Crippen LogP contribution in [-0.2, 0) is 0 Å². The highest BCUT2D eigenvalue weighted by atomic mass is 79.9. The van der Waals surface area contributed by atoms with Crippen molar-refractivity contribution >= 4 is 33.2 Å². The first kappa shape index (κ1) is 14.3. The lowest BCUT2D eigenvalue weighted by Gasteiger charge is -2.11. The predicted octanol–water partition coefficient (Wildman–Crippen LogP) is 3.43. The van der Waals surface area contributed by atoms with Crippen molar-refractivity contribution in [2.24, 2.45) is 0 Å². The van der Waals surface area contributed by atoms with Crippen LogP contribution in [0.1, 0.15) is 10.4 Å². The second-order valence-corrected chi connectivity index (χ2v) is 4.80. The molecule has 0 bridgehead atoms. The van der Waals surface area contributed by atoms with Gasteiger partial charge in [-0.1, -0.05) is 6.07 Å². The standard InChI is InChI=1S/C14H12BrFN2O2/c1-20-8-5-6-11(17)12(7-8)18-14(19)9-3-2-4-10(16)13(9)15/h2-7H,17H2,1H3,(H,18,19). The van der Waals surface area contributed by atoms with Crippen LogP contribution in [0.5, 0.6) is 5.75 Å². The summed E-state index contributed by atoms with van der Waals surface area (Å²) in [6.07, 6.45) is 0. The number of benzene rings is 2. The fourth-order valence-corrected chi connectivity index (χ4v) is 2.08. The maximum Gasteiger partial charge on any atom is 0.256 e. The Morgan fingerprint density at radius 2 is 2.10 bits per heavy atom. The number of amides is 1. The first-order valence-electron chi connectivity index (χ1n) is 5.72. The summed E-state index contributed by atoms with van der Waals surface area (Å²) in [4.78, 5) is 12.1. The second-order valence-electron chi connectivity index (χ2n) is 4.01. The normalized spacial score (nSPS) is 10.2. The lowest BCUT2D eigenvalue weighted by Crippen LogP contribution is -2.14. The zero-order chi connectivity index (χ0) is 14.7. The number of nitrogens with one attached hydrogen (secondary N) is 1. The Kier molecular flexibility index (Phi) is 4.24. The molecule has 0 atom stereocenters. The molecule has 0 fully saturated rings. The Bertz CT molecular complexity index is 662. The number of rotatable bonds is 3. The van der Waals surface area contributed by atoms with Crippen molar-refractivity contribution in [1.29, 1.82) is 0 Å². The van der Waals surface area contributed by atoms with Crippen LogP contribution in [-0.4, -0.2) is 13.0 Å². The molecule has 0 aliphatic carbocycles. The lowest BCUT2D eigenvalue weighted by molar-refractivity contribution is 0.102. The van der Waals surface area contributed by atoms with E-state index in [0.29, 0.717) is 17.1 Å². The van der Waals surface area contributed by atoms with E-state index in [1.165, 1.54) is 25.3 Å². The Morgan fingerprint density at radius 1 is 1.35 bits per heavy atom. The molecule has 0 saturated heterocycles. The number of hydrogen-bond acceptors (Lipinski definition) is 3. The van der Waals surface area contributed by atoms with Crippen LogP contribution in [0.25, 0.3) is 0 Å². The fraction of sp³-hybridized carbons (Fsp3) is 0.0714. The minimum Gasteiger partial charge on any atom is -0.497 e. The molecule has 0 aromatic heterocycles. The maximum absolute atomic E-state index is 13.4. The van der Waals surface area contributed by atoms with Crippen LogP contribution in [0.15, 0.2) is 40.9 Å². The molecule has 0 aliphatic rings. The molecule has 104 valence electrons. The highest BCUT2D eigenvalue weighted by Crippen LogP contribution is 2.26. The van der Waals surface area contributed by atoms with Gasteiger partial charge in [0.1, 0.15) is 11.6 Å².